The minimum atomic E-state index is -0.276. The number of benzene rings is 1. The molecular formula is C15H9FN4. The van der Waals surface area contributed by atoms with Gasteiger partial charge in [-0.1, -0.05) is 5.92 Å². The highest BCUT2D eigenvalue weighted by Crippen LogP contribution is 2.08. The Morgan fingerprint density at radius 3 is 2.50 bits per heavy atom. The number of hydrogen-bond donors (Lipinski definition) is 0. The van der Waals surface area contributed by atoms with Gasteiger partial charge in [0.05, 0.1) is 17.4 Å². The van der Waals surface area contributed by atoms with Gasteiger partial charge in [0.15, 0.2) is 0 Å². The first-order valence-corrected chi connectivity index (χ1v) is 5.91. The van der Waals surface area contributed by atoms with Gasteiger partial charge in [0, 0.05) is 18.6 Å². The van der Waals surface area contributed by atoms with Gasteiger partial charge in [0.2, 0.25) is 5.82 Å². The first-order valence-electron chi connectivity index (χ1n) is 5.91. The summed E-state index contributed by atoms with van der Waals surface area (Å²) in [6.07, 6.45) is 6.68. The summed E-state index contributed by atoms with van der Waals surface area (Å²) in [4.78, 5) is 8.03. The van der Waals surface area contributed by atoms with E-state index >= 15 is 0 Å². The Kier molecular flexibility index (Phi) is 3.21. The molecule has 0 aliphatic rings. The molecule has 0 saturated carbocycles. The lowest BCUT2D eigenvalue weighted by Gasteiger charge is -1.99. The largest absolute Gasteiger partial charge is 0.240 e. The van der Waals surface area contributed by atoms with E-state index in [1.54, 1.807) is 47.7 Å². The van der Waals surface area contributed by atoms with Crippen molar-refractivity contribution in [1.29, 1.82) is 0 Å². The van der Waals surface area contributed by atoms with Crippen molar-refractivity contribution in [2.75, 3.05) is 0 Å². The minimum Gasteiger partial charge on any atom is -0.240 e. The lowest BCUT2D eigenvalue weighted by molar-refractivity contribution is 0.627. The summed E-state index contributed by atoms with van der Waals surface area (Å²) in [5, 5.41) is 4.18. The molecule has 1 aromatic carbocycles. The molecule has 0 unspecified atom stereocenters. The molecule has 96 valence electrons. The third-order valence-electron chi connectivity index (χ3n) is 2.56. The highest BCUT2D eigenvalue weighted by molar-refractivity contribution is 5.38. The lowest BCUT2D eigenvalue weighted by Crippen LogP contribution is -1.93. The van der Waals surface area contributed by atoms with Gasteiger partial charge in [0.1, 0.15) is 5.82 Å². The van der Waals surface area contributed by atoms with Crippen LogP contribution >= 0.6 is 0 Å². The van der Waals surface area contributed by atoms with Gasteiger partial charge in [-0.2, -0.15) is 5.10 Å². The zero-order chi connectivity index (χ0) is 13.8. The van der Waals surface area contributed by atoms with E-state index < -0.39 is 0 Å². The SMILES string of the molecule is Fc1ccc(-n2cc(C#Cc3ncccn3)cn2)cc1. The molecule has 0 aliphatic carbocycles. The molecule has 0 aliphatic heterocycles. The summed E-state index contributed by atoms with van der Waals surface area (Å²) in [7, 11) is 0. The highest BCUT2D eigenvalue weighted by Gasteiger charge is 1.99. The third-order valence-corrected chi connectivity index (χ3v) is 2.56. The van der Waals surface area contributed by atoms with Crippen molar-refractivity contribution in [3.63, 3.8) is 0 Å². The van der Waals surface area contributed by atoms with Crippen LogP contribution < -0.4 is 0 Å². The summed E-state index contributed by atoms with van der Waals surface area (Å²) in [5.74, 6) is 5.96. The molecule has 20 heavy (non-hydrogen) atoms. The van der Waals surface area contributed by atoms with Crippen molar-refractivity contribution in [3.05, 3.63) is 72.3 Å². The van der Waals surface area contributed by atoms with Crippen molar-refractivity contribution < 1.29 is 4.39 Å². The van der Waals surface area contributed by atoms with Crippen molar-refractivity contribution in [2.24, 2.45) is 0 Å². The molecule has 2 aromatic heterocycles. The van der Waals surface area contributed by atoms with E-state index in [9.17, 15) is 4.39 Å². The second kappa shape index (κ2) is 5.33. The van der Waals surface area contributed by atoms with Crippen LogP contribution in [0, 0.1) is 17.7 Å². The molecule has 0 saturated heterocycles. The molecule has 5 heteroatoms. The number of hydrogen-bond acceptors (Lipinski definition) is 3. The van der Waals surface area contributed by atoms with Crippen LogP contribution in [0.5, 0.6) is 0 Å². The molecule has 0 fully saturated rings. The van der Waals surface area contributed by atoms with Crippen LogP contribution in [0.3, 0.4) is 0 Å². The number of rotatable bonds is 1. The maximum Gasteiger partial charge on any atom is 0.205 e. The normalized spacial score (nSPS) is 9.85. The predicted octanol–water partition coefficient (Wildman–Crippen LogP) is 2.20. The zero-order valence-electron chi connectivity index (χ0n) is 10.4. The van der Waals surface area contributed by atoms with E-state index in [1.165, 1.54) is 12.1 Å². The molecule has 3 aromatic rings. The molecule has 3 rings (SSSR count). The molecule has 0 bridgehead atoms. The van der Waals surface area contributed by atoms with Gasteiger partial charge in [0.25, 0.3) is 0 Å². The molecule has 2 heterocycles. The Morgan fingerprint density at radius 2 is 1.75 bits per heavy atom. The summed E-state index contributed by atoms with van der Waals surface area (Å²) < 4.78 is 14.5. The van der Waals surface area contributed by atoms with E-state index in [2.05, 4.69) is 26.9 Å². The molecular weight excluding hydrogens is 255 g/mol. The summed E-state index contributed by atoms with van der Waals surface area (Å²) in [5.41, 5.74) is 1.51. The highest BCUT2D eigenvalue weighted by atomic mass is 19.1. The molecule has 0 atom stereocenters. The van der Waals surface area contributed by atoms with Crippen LogP contribution in [0.4, 0.5) is 4.39 Å². The van der Waals surface area contributed by atoms with E-state index in [4.69, 9.17) is 0 Å². The van der Waals surface area contributed by atoms with Crippen LogP contribution in [-0.2, 0) is 0 Å². The smallest absolute Gasteiger partial charge is 0.205 e. The standard InChI is InChI=1S/C15H9FN4/c16-13-3-5-14(6-4-13)20-11-12(10-19-20)2-7-15-17-8-1-9-18-15/h1,3-6,8-11H. The second-order valence-corrected chi connectivity index (χ2v) is 3.97. The quantitative estimate of drug-likeness (QED) is 0.633. The van der Waals surface area contributed by atoms with Crippen LogP contribution in [0.1, 0.15) is 11.4 Å². The van der Waals surface area contributed by atoms with Crippen LogP contribution in [0.2, 0.25) is 0 Å². The Balaban J connectivity index is 1.84. The molecule has 0 amide bonds. The average Bonchev–Trinajstić information content (AvgIpc) is 2.96. The number of halogens is 1. The summed E-state index contributed by atoms with van der Waals surface area (Å²) >= 11 is 0. The average molecular weight is 264 g/mol. The van der Waals surface area contributed by atoms with E-state index in [0.717, 1.165) is 11.3 Å². The third kappa shape index (κ3) is 2.70. The zero-order valence-corrected chi connectivity index (χ0v) is 10.4. The predicted molar refractivity (Wildman–Crippen MR) is 71.5 cm³/mol. The molecule has 0 spiro atoms. The topological polar surface area (TPSA) is 43.6 Å². The summed E-state index contributed by atoms with van der Waals surface area (Å²) in [6, 6.07) is 7.82. The Hall–Kier alpha value is -3.00. The minimum absolute atomic E-state index is 0.276. The van der Waals surface area contributed by atoms with Crippen LogP contribution in [0.15, 0.2) is 55.1 Å². The van der Waals surface area contributed by atoms with E-state index in [0.29, 0.717) is 5.82 Å². The first kappa shape index (κ1) is 12.1. The van der Waals surface area contributed by atoms with Crippen molar-refractivity contribution in [1.82, 2.24) is 19.7 Å². The van der Waals surface area contributed by atoms with Gasteiger partial charge < -0.3 is 0 Å². The summed E-state index contributed by atoms with van der Waals surface area (Å²) in [6.45, 7) is 0. The maximum atomic E-state index is 12.9. The Morgan fingerprint density at radius 1 is 1.00 bits per heavy atom. The fraction of sp³-hybridized carbons (Fsp3) is 0. The van der Waals surface area contributed by atoms with E-state index in [1.807, 2.05) is 0 Å². The van der Waals surface area contributed by atoms with Crippen LogP contribution in [-0.4, -0.2) is 19.7 Å². The van der Waals surface area contributed by atoms with Gasteiger partial charge in [-0.3, -0.25) is 0 Å². The van der Waals surface area contributed by atoms with Crippen molar-refractivity contribution >= 4 is 0 Å². The molecule has 4 nitrogen and oxygen atoms in total. The van der Waals surface area contributed by atoms with Crippen LogP contribution in [0.25, 0.3) is 5.69 Å². The Labute approximate surface area is 114 Å². The monoisotopic (exact) mass is 264 g/mol. The molecule has 0 radical (unpaired) electrons. The van der Waals surface area contributed by atoms with Gasteiger partial charge >= 0.3 is 0 Å². The van der Waals surface area contributed by atoms with E-state index in [-0.39, 0.29) is 5.82 Å². The van der Waals surface area contributed by atoms with Crippen molar-refractivity contribution in [2.45, 2.75) is 0 Å². The lowest BCUT2D eigenvalue weighted by atomic mass is 10.3. The Bertz CT molecular complexity index is 767. The van der Waals surface area contributed by atoms with Gasteiger partial charge in [-0.25, -0.2) is 19.0 Å². The molecule has 0 N–H and O–H groups in total. The second-order valence-electron chi connectivity index (χ2n) is 3.97. The maximum absolute atomic E-state index is 12.9. The van der Waals surface area contributed by atoms with Gasteiger partial charge in [-0.05, 0) is 36.3 Å². The van der Waals surface area contributed by atoms with Gasteiger partial charge in [-0.15, -0.1) is 0 Å². The fourth-order valence-corrected chi connectivity index (χ4v) is 1.61. The van der Waals surface area contributed by atoms with Crippen molar-refractivity contribution in [3.8, 4) is 17.5 Å². The number of nitrogens with zero attached hydrogens (tertiary/aromatic N) is 4. The fourth-order valence-electron chi connectivity index (χ4n) is 1.61. The number of aromatic nitrogens is 4. The first-order chi connectivity index (χ1) is 9.81.